The monoisotopic (exact) mass is 278 g/mol. The number of benzene rings is 1. The van der Waals surface area contributed by atoms with Crippen molar-refractivity contribution in [3.63, 3.8) is 0 Å². The van der Waals surface area contributed by atoms with Gasteiger partial charge in [-0.1, -0.05) is 0 Å². The van der Waals surface area contributed by atoms with Crippen molar-refractivity contribution in [3.05, 3.63) is 24.3 Å². The number of nitrogens with zero attached hydrogens (tertiary/aromatic N) is 1. The van der Waals surface area contributed by atoms with E-state index in [-0.39, 0.29) is 11.9 Å². The third-order valence-corrected chi connectivity index (χ3v) is 4.95. The van der Waals surface area contributed by atoms with E-state index in [1.807, 2.05) is 0 Å². The predicted molar refractivity (Wildman–Crippen MR) is 76.7 cm³/mol. The van der Waals surface area contributed by atoms with Gasteiger partial charge in [0, 0.05) is 25.2 Å². The third-order valence-electron chi connectivity index (χ3n) is 4.95. The first-order chi connectivity index (χ1) is 9.67. The van der Waals surface area contributed by atoms with E-state index >= 15 is 0 Å². The van der Waals surface area contributed by atoms with Crippen molar-refractivity contribution >= 4 is 0 Å². The summed E-state index contributed by atoms with van der Waals surface area (Å²) >= 11 is 0. The summed E-state index contributed by atoms with van der Waals surface area (Å²) in [7, 11) is 0. The van der Waals surface area contributed by atoms with Crippen LogP contribution < -0.4 is 4.74 Å². The van der Waals surface area contributed by atoms with Crippen molar-refractivity contribution < 1.29 is 19.4 Å². The Morgan fingerprint density at radius 3 is 2.50 bits per heavy atom. The smallest absolute Gasteiger partial charge is 0.119 e. The van der Waals surface area contributed by atoms with Crippen LogP contribution in [0.3, 0.4) is 0 Å². The lowest BCUT2D eigenvalue weighted by molar-refractivity contribution is -0.946. The molecule has 0 saturated carbocycles. The molecule has 2 bridgehead atoms. The molecule has 110 valence electrons. The van der Waals surface area contributed by atoms with Gasteiger partial charge in [0.25, 0.3) is 0 Å². The van der Waals surface area contributed by atoms with E-state index in [0.29, 0.717) is 12.5 Å². The minimum Gasteiger partial charge on any atom is -0.508 e. The average molecular weight is 278 g/mol. The van der Waals surface area contributed by atoms with Crippen molar-refractivity contribution in [1.82, 2.24) is 0 Å². The zero-order chi connectivity index (χ0) is 14.0. The second-order valence-electron chi connectivity index (χ2n) is 6.30. The fourth-order valence-corrected chi connectivity index (χ4v) is 3.70. The van der Waals surface area contributed by atoms with Crippen molar-refractivity contribution in [2.75, 3.05) is 32.8 Å². The van der Waals surface area contributed by atoms with Crippen LogP contribution >= 0.6 is 0 Å². The van der Waals surface area contributed by atoms with Crippen molar-refractivity contribution in [2.45, 2.75) is 25.4 Å². The highest BCUT2D eigenvalue weighted by Gasteiger charge is 2.44. The average Bonchev–Trinajstić information content (AvgIpc) is 2.46. The molecular weight excluding hydrogens is 254 g/mol. The SMILES string of the molecule is Oc1ccc(OCCC[N+]23CCC(CC2)[C@@H](O)C3)cc1. The molecule has 3 aliphatic heterocycles. The second-order valence-corrected chi connectivity index (χ2v) is 6.30. The molecule has 2 N–H and O–H groups in total. The molecular formula is C16H24NO3+. The number of phenols is 1. The predicted octanol–water partition coefficient (Wildman–Crippen LogP) is 1.76. The maximum absolute atomic E-state index is 10.1. The number of rotatable bonds is 5. The Bertz CT molecular complexity index is 438. The van der Waals surface area contributed by atoms with E-state index in [4.69, 9.17) is 4.74 Å². The molecule has 0 unspecified atom stereocenters. The van der Waals surface area contributed by atoms with Gasteiger partial charge in [0.2, 0.25) is 0 Å². The van der Waals surface area contributed by atoms with Gasteiger partial charge in [0.1, 0.15) is 24.1 Å². The molecule has 0 radical (unpaired) electrons. The lowest BCUT2D eigenvalue weighted by Gasteiger charge is -2.51. The zero-order valence-corrected chi connectivity index (χ0v) is 11.9. The van der Waals surface area contributed by atoms with Crippen LogP contribution in [0.2, 0.25) is 0 Å². The van der Waals surface area contributed by atoms with Crippen LogP contribution in [-0.2, 0) is 0 Å². The quantitative estimate of drug-likeness (QED) is 0.637. The molecule has 1 atom stereocenters. The summed E-state index contributed by atoms with van der Waals surface area (Å²) in [6.07, 6.45) is 3.29. The molecule has 3 heterocycles. The minimum absolute atomic E-state index is 0.0875. The molecule has 0 amide bonds. The van der Waals surface area contributed by atoms with Gasteiger partial charge < -0.3 is 19.4 Å². The van der Waals surface area contributed by atoms with Gasteiger partial charge in [-0.25, -0.2) is 0 Å². The Morgan fingerprint density at radius 2 is 1.85 bits per heavy atom. The van der Waals surface area contributed by atoms with Gasteiger partial charge in [-0.2, -0.15) is 0 Å². The number of aliphatic hydroxyl groups is 1. The van der Waals surface area contributed by atoms with Crippen molar-refractivity contribution in [2.24, 2.45) is 5.92 Å². The van der Waals surface area contributed by atoms with Crippen LogP contribution in [-0.4, -0.2) is 53.6 Å². The number of hydrogen-bond donors (Lipinski definition) is 2. The first-order valence-corrected chi connectivity index (χ1v) is 7.62. The van der Waals surface area contributed by atoms with Crippen molar-refractivity contribution in [3.8, 4) is 11.5 Å². The maximum atomic E-state index is 10.1. The number of ether oxygens (including phenoxy) is 1. The summed E-state index contributed by atoms with van der Waals surface area (Å²) in [5.41, 5.74) is 0. The molecule has 4 heteroatoms. The highest BCUT2D eigenvalue weighted by molar-refractivity contribution is 5.29. The Hall–Kier alpha value is -1.26. The Balaban J connectivity index is 1.44. The normalized spacial score (nSPS) is 32.2. The number of piperidine rings is 3. The summed E-state index contributed by atoms with van der Waals surface area (Å²) in [6, 6.07) is 6.86. The fraction of sp³-hybridized carbons (Fsp3) is 0.625. The first-order valence-electron chi connectivity index (χ1n) is 7.62. The van der Waals surface area contributed by atoms with Gasteiger partial charge in [0.05, 0.1) is 26.2 Å². The fourth-order valence-electron chi connectivity index (χ4n) is 3.70. The van der Waals surface area contributed by atoms with Gasteiger partial charge in [-0.3, -0.25) is 0 Å². The number of fused-ring (bicyclic) bond motifs is 3. The number of hydrogen-bond acceptors (Lipinski definition) is 3. The van der Waals surface area contributed by atoms with E-state index in [1.165, 1.54) is 25.9 Å². The number of quaternary nitrogens is 1. The Kier molecular flexibility index (Phi) is 3.85. The topological polar surface area (TPSA) is 49.7 Å². The lowest BCUT2D eigenvalue weighted by atomic mass is 9.83. The third kappa shape index (κ3) is 2.91. The molecule has 0 aliphatic carbocycles. The molecule has 0 aromatic heterocycles. The Labute approximate surface area is 120 Å². The van der Waals surface area contributed by atoms with Crippen LogP contribution in [0.25, 0.3) is 0 Å². The molecule has 1 aromatic rings. The lowest BCUT2D eigenvalue weighted by Crippen LogP contribution is -2.64. The van der Waals surface area contributed by atoms with E-state index in [1.54, 1.807) is 24.3 Å². The molecule has 4 nitrogen and oxygen atoms in total. The molecule has 4 rings (SSSR count). The standard InChI is InChI=1S/C16H23NO3/c18-14-2-4-15(5-3-14)20-11-1-8-17-9-6-13(7-10-17)16(19)12-17/h2-5,13,16,19H,1,6-12H2/p+1/t13?,16-,17?/m0/s1. The summed E-state index contributed by atoms with van der Waals surface area (Å²) < 4.78 is 6.78. The molecule has 1 aromatic carbocycles. The highest BCUT2D eigenvalue weighted by atomic mass is 16.5. The van der Waals surface area contributed by atoms with Crippen LogP contribution in [0, 0.1) is 5.92 Å². The summed E-state index contributed by atoms with van der Waals surface area (Å²) in [6.45, 7) is 5.18. The minimum atomic E-state index is -0.0875. The van der Waals surface area contributed by atoms with Crippen LogP contribution in [0.15, 0.2) is 24.3 Å². The number of phenolic OH excluding ortho intramolecular Hbond substituents is 1. The van der Waals surface area contributed by atoms with Gasteiger partial charge >= 0.3 is 0 Å². The largest absolute Gasteiger partial charge is 0.508 e. The first kappa shape index (κ1) is 13.7. The van der Waals surface area contributed by atoms with Crippen molar-refractivity contribution in [1.29, 1.82) is 0 Å². The Morgan fingerprint density at radius 1 is 1.15 bits per heavy atom. The summed E-state index contributed by atoms with van der Waals surface area (Å²) in [5, 5.41) is 19.3. The van der Waals surface area contributed by atoms with Crippen LogP contribution in [0.1, 0.15) is 19.3 Å². The number of aliphatic hydroxyl groups excluding tert-OH is 1. The van der Waals surface area contributed by atoms with E-state index in [0.717, 1.165) is 29.7 Å². The summed E-state index contributed by atoms with van der Waals surface area (Å²) in [4.78, 5) is 0. The second kappa shape index (κ2) is 5.62. The molecule has 0 spiro atoms. The van der Waals surface area contributed by atoms with E-state index in [9.17, 15) is 10.2 Å². The van der Waals surface area contributed by atoms with Gasteiger partial charge in [-0.05, 0) is 24.3 Å². The highest BCUT2D eigenvalue weighted by Crippen LogP contribution is 2.34. The zero-order valence-electron chi connectivity index (χ0n) is 11.9. The maximum Gasteiger partial charge on any atom is 0.119 e. The molecule has 3 aliphatic rings. The molecule has 20 heavy (non-hydrogen) atoms. The van der Waals surface area contributed by atoms with Crippen LogP contribution in [0.4, 0.5) is 0 Å². The van der Waals surface area contributed by atoms with E-state index in [2.05, 4.69) is 0 Å². The molecule has 3 saturated heterocycles. The molecule has 3 fully saturated rings. The number of aromatic hydroxyl groups is 1. The van der Waals surface area contributed by atoms with Crippen LogP contribution in [0.5, 0.6) is 11.5 Å². The van der Waals surface area contributed by atoms with Gasteiger partial charge in [-0.15, -0.1) is 0 Å². The summed E-state index contributed by atoms with van der Waals surface area (Å²) in [5.74, 6) is 1.63. The van der Waals surface area contributed by atoms with E-state index < -0.39 is 0 Å². The van der Waals surface area contributed by atoms with Gasteiger partial charge in [0.15, 0.2) is 0 Å².